The molecule has 0 N–H and O–H groups in total. The van der Waals surface area contributed by atoms with E-state index in [-0.39, 0.29) is 0 Å². The SMILES string of the molecule is CCN(CC)CC[CH2][Hg][CH2]CCN(CC)CC. The Bertz CT molecular complexity index is 129. The van der Waals surface area contributed by atoms with E-state index in [2.05, 4.69) is 37.5 Å². The maximum atomic E-state index is 2.56. The molecule has 2 nitrogen and oxygen atoms in total. The van der Waals surface area contributed by atoms with E-state index < -0.39 is 24.6 Å². The molecule has 0 aromatic heterocycles. The van der Waals surface area contributed by atoms with E-state index in [9.17, 15) is 0 Å². The van der Waals surface area contributed by atoms with Gasteiger partial charge in [0.25, 0.3) is 0 Å². The third-order valence-electron chi connectivity index (χ3n) is 3.74. The summed E-state index contributed by atoms with van der Waals surface area (Å²) in [6.07, 6.45) is 2.96. The second-order valence-electron chi connectivity index (χ2n) is 4.82. The van der Waals surface area contributed by atoms with Gasteiger partial charge in [0.05, 0.1) is 0 Å². The van der Waals surface area contributed by atoms with Gasteiger partial charge in [-0.3, -0.25) is 0 Å². The molecule has 0 aliphatic carbocycles. The van der Waals surface area contributed by atoms with Crippen molar-refractivity contribution in [3.63, 3.8) is 0 Å². The molecular weight excluding hydrogens is 397 g/mol. The number of nitrogens with zero attached hydrogens (tertiary/aromatic N) is 2. The van der Waals surface area contributed by atoms with Crippen LogP contribution in [0.3, 0.4) is 0 Å². The molecule has 100 valence electrons. The fraction of sp³-hybridized carbons (Fsp3) is 1.00. The quantitative estimate of drug-likeness (QED) is 0.347. The molecule has 0 spiro atoms. The molecule has 0 atom stereocenters. The summed E-state index contributed by atoms with van der Waals surface area (Å²) in [6.45, 7) is 16.7. The van der Waals surface area contributed by atoms with Gasteiger partial charge in [-0.05, 0) is 0 Å². The van der Waals surface area contributed by atoms with Crippen LogP contribution in [-0.2, 0) is 24.6 Å². The molecule has 0 saturated carbocycles. The zero-order valence-corrected chi connectivity index (χ0v) is 18.2. The summed E-state index contributed by atoms with van der Waals surface area (Å²) in [7, 11) is 0. The van der Waals surface area contributed by atoms with Crippen LogP contribution in [0.1, 0.15) is 40.5 Å². The first kappa shape index (κ1) is 17.9. The van der Waals surface area contributed by atoms with Crippen molar-refractivity contribution in [3.8, 4) is 0 Å². The molecule has 3 heteroatoms. The third-order valence-corrected chi connectivity index (χ3v) is 11.5. The summed E-state index contributed by atoms with van der Waals surface area (Å²) < 4.78 is 3.27. The predicted molar refractivity (Wildman–Crippen MR) is 74.4 cm³/mol. The van der Waals surface area contributed by atoms with Gasteiger partial charge in [0, 0.05) is 0 Å². The van der Waals surface area contributed by atoms with E-state index in [4.69, 9.17) is 0 Å². The number of rotatable bonds is 12. The van der Waals surface area contributed by atoms with Crippen LogP contribution in [0.15, 0.2) is 0 Å². The van der Waals surface area contributed by atoms with E-state index in [0.29, 0.717) is 0 Å². The molecule has 0 bridgehead atoms. The Labute approximate surface area is 122 Å². The minimum atomic E-state index is -0.465. The Morgan fingerprint density at radius 1 is 0.647 bits per heavy atom. The molecule has 0 radical (unpaired) electrons. The molecule has 0 aliphatic heterocycles. The summed E-state index contributed by atoms with van der Waals surface area (Å²) in [5.74, 6) is 0. The summed E-state index contributed by atoms with van der Waals surface area (Å²) in [4.78, 5) is 5.12. The first-order valence-electron chi connectivity index (χ1n) is 7.73. The van der Waals surface area contributed by atoms with E-state index >= 15 is 0 Å². The molecule has 17 heavy (non-hydrogen) atoms. The van der Waals surface area contributed by atoms with Crippen LogP contribution in [0.4, 0.5) is 0 Å². The van der Waals surface area contributed by atoms with Crippen molar-refractivity contribution in [1.82, 2.24) is 9.80 Å². The van der Waals surface area contributed by atoms with Crippen LogP contribution in [-0.4, -0.2) is 49.1 Å². The van der Waals surface area contributed by atoms with Gasteiger partial charge >= 0.3 is 122 Å². The van der Waals surface area contributed by atoms with E-state index in [0.717, 1.165) is 0 Å². The molecule has 0 amide bonds. The third kappa shape index (κ3) is 10.5. The first-order valence-corrected chi connectivity index (χ1v) is 15.5. The summed E-state index contributed by atoms with van der Waals surface area (Å²) >= 11 is -0.465. The van der Waals surface area contributed by atoms with Crippen molar-refractivity contribution in [3.05, 3.63) is 0 Å². The molecule has 0 saturated heterocycles. The molecule has 0 aromatic rings. The minimum absolute atomic E-state index is 0.465. The number of hydrogen-bond acceptors (Lipinski definition) is 2. The first-order chi connectivity index (χ1) is 8.28. The van der Waals surface area contributed by atoms with Crippen LogP contribution in [0.25, 0.3) is 0 Å². The topological polar surface area (TPSA) is 6.48 Å². The van der Waals surface area contributed by atoms with Crippen molar-refractivity contribution in [1.29, 1.82) is 0 Å². The Kier molecular flexibility index (Phi) is 14.0. The second kappa shape index (κ2) is 13.3. The number of hydrogen-bond donors (Lipinski definition) is 0. The van der Waals surface area contributed by atoms with Crippen LogP contribution < -0.4 is 0 Å². The Hall–Kier alpha value is 0.855. The van der Waals surface area contributed by atoms with Gasteiger partial charge in [-0.15, -0.1) is 0 Å². The van der Waals surface area contributed by atoms with Crippen molar-refractivity contribution in [2.45, 2.75) is 48.4 Å². The van der Waals surface area contributed by atoms with Crippen molar-refractivity contribution < 1.29 is 24.6 Å². The van der Waals surface area contributed by atoms with Crippen molar-refractivity contribution >= 4 is 0 Å². The van der Waals surface area contributed by atoms with E-state index in [1.54, 1.807) is 7.86 Å². The van der Waals surface area contributed by atoms with Gasteiger partial charge < -0.3 is 0 Å². The fourth-order valence-electron chi connectivity index (χ4n) is 2.28. The van der Waals surface area contributed by atoms with E-state index in [1.165, 1.54) is 52.1 Å². The molecule has 0 fully saturated rings. The molecule has 0 heterocycles. The average molecular weight is 429 g/mol. The van der Waals surface area contributed by atoms with Gasteiger partial charge in [0.15, 0.2) is 0 Å². The van der Waals surface area contributed by atoms with Crippen LogP contribution in [0, 0.1) is 0 Å². The standard InChI is InChI=1S/2C7H16N.Hg/c2*1-4-7-8(5-2)6-3;/h2*1,4-7H2,2-3H3;. The molecule has 0 unspecified atom stereocenters. The zero-order valence-electron chi connectivity index (χ0n) is 12.7. The van der Waals surface area contributed by atoms with Crippen LogP contribution in [0.2, 0.25) is 7.86 Å². The average Bonchev–Trinajstić information content (AvgIpc) is 2.37. The fourth-order valence-corrected chi connectivity index (χ4v) is 8.14. The molecular formula is C14H32HgN2. The summed E-state index contributed by atoms with van der Waals surface area (Å²) in [5, 5.41) is 0. The normalized spacial score (nSPS) is 11.2. The molecule has 0 aromatic carbocycles. The Morgan fingerprint density at radius 2 is 1.00 bits per heavy atom. The van der Waals surface area contributed by atoms with Crippen molar-refractivity contribution in [2.75, 3.05) is 39.3 Å². The predicted octanol–water partition coefficient (Wildman–Crippen LogP) is 3.37. The molecule has 0 rings (SSSR count). The molecule has 0 aliphatic rings. The zero-order chi connectivity index (χ0) is 12.9. The van der Waals surface area contributed by atoms with Crippen LogP contribution in [0.5, 0.6) is 0 Å². The summed E-state index contributed by atoms with van der Waals surface area (Å²) in [5.41, 5.74) is 0. The van der Waals surface area contributed by atoms with E-state index in [1.807, 2.05) is 0 Å². The van der Waals surface area contributed by atoms with Gasteiger partial charge in [-0.25, -0.2) is 0 Å². The van der Waals surface area contributed by atoms with Gasteiger partial charge in [0.1, 0.15) is 0 Å². The monoisotopic (exact) mass is 430 g/mol. The summed E-state index contributed by atoms with van der Waals surface area (Å²) in [6, 6.07) is 0. The second-order valence-corrected chi connectivity index (χ2v) is 13.1. The van der Waals surface area contributed by atoms with Gasteiger partial charge in [0.2, 0.25) is 0 Å². The maximum absolute atomic E-state index is 2.56. The van der Waals surface area contributed by atoms with Crippen molar-refractivity contribution in [2.24, 2.45) is 0 Å². The van der Waals surface area contributed by atoms with Crippen LogP contribution >= 0.6 is 0 Å². The Balaban J connectivity index is 3.23. The Morgan fingerprint density at radius 3 is 1.29 bits per heavy atom. The van der Waals surface area contributed by atoms with Gasteiger partial charge in [-0.1, -0.05) is 0 Å². The van der Waals surface area contributed by atoms with Gasteiger partial charge in [-0.2, -0.15) is 0 Å².